The van der Waals surface area contributed by atoms with Crippen LogP contribution in [-0.4, -0.2) is 22.5 Å². The van der Waals surface area contributed by atoms with Gasteiger partial charge >= 0.3 is 0 Å². The lowest BCUT2D eigenvalue weighted by Crippen LogP contribution is -2.22. The van der Waals surface area contributed by atoms with Crippen LogP contribution >= 0.6 is 11.3 Å². The van der Waals surface area contributed by atoms with E-state index in [1.807, 2.05) is 25.1 Å². The average Bonchev–Trinajstić information content (AvgIpc) is 3.22. The maximum atomic E-state index is 12.4. The smallest absolute Gasteiger partial charge is 0.262 e. The molecule has 2 aromatic heterocycles. The van der Waals surface area contributed by atoms with Crippen LogP contribution in [-0.2, 0) is 24.1 Å². The van der Waals surface area contributed by atoms with Crippen molar-refractivity contribution in [3.05, 3.63) is 46.1 Å². The molecule has 1 N–H and O–H groups in total. The second-order valence-electron chi connectivity index (χ2n) is 6.52. The van der Waals surface area contributed by atoms with Crippen LogP contribution in [0.5, 0.6) is 5.88 Å². The van der Waals surface area contributed by atoms with Gasteiger partial charge in [0.15, 0.2) is 6.61 Å². The molecular weight excluding hydrogens is 346 g/mol. The second kappa shape index (κ2) is 7.03. The van der Waals surface area contributed by atoms with Crippen LogP contribution in [0, 0.1) is 6.92 Å². The summed E-state index contributed by atoms with van der Waals surface area (Å²) >= 11 is 1.71. The molecular formula is C20H21N3O2S. The summed E-state index contributed by atoms with van der Waals surface area (Å²) in [6.45, 7) is 4.02. The molecule has 134 valence electrons. The molecule has 26 heavy (non-hydrogen) atoms. The molecule has 0 atom stereocenters. The van der Waals surface area contributed by atoms with E-state index in [-0.39, 0.29) is 12.5 Å². The van der Waals surface area contributed by atoms with Crippen molar-refractivity contribution >= 4 is 33.1 Å². The molecule has 4 rings (SSSR count). The molecule has 0 unspecified atom stereocenters. The van der Waals surface area contributed by atoms with Crippen LogP contribution in [0.4, 0.5) is 5.69 Å². The van der Waals surface area contributed by atoms with Crippen LogP contribution < -0.4 is 10.1 Å². The number of aromatic nitrogens is 2. The van der Waals surface area contributed by atoms with Crippen molar-refractivity contribution in [3.63, 3.8) is 0 Å². The standard InChI is InChI=1S/C20H21N3O2S/c1-3-13-7-4-6-12(2)18(13)23-16(24)10-25-19-17-14-8-5-9-15(14)26-20(17)22-11-21-19/h4,6-7,11H,3,5,8-10H2,1-2H3,(H,23,24). The van der Waals surface area contributed by atoms with Gasteiger partial charge in [-0.15, -0.1) is 11.3 Å². The molecule has 0 aliphatic heterocycles. The van der Waals surface area contributed by atoms with Gasteiger partial charge in [0, 0.05) is 10.6 Å². The van der Waals surface area contributed by atoms with Gasteiger partial charge in [-0.3, -0.25) is 4.79 Å². The number of nitrogens with zero attached hydrogens (tertiary/aromatic N) is 2. The number of amides is 1. The lowest BCUT2D eigenvalue weighted by Gasteiger charge is -2.13. The summed E-state index contributed by atoms with van der Waals surface area (Å²) in [6, 6.07) is 6.04. The lowest BCUT2D eigenvalue weighted by molar-refractivity contribution is -0.118. The zero-order chi connectivity index (χ0) is 18.1. The first-order chi connectivity index (χ1) is 12.7. The van der Waals surface area contributed by atoms with Crippen molar-refractivity contribution in [2.75, 3.05) is 11.9 Å². The zero-order valence-electron chi connectivity index (χ0n) is 15.0. The molecule has 1 amide bonds. The molecule has 0 fully saturated rings. The topological polar surface area (TPSA) is 64.1 Å². The summed E-state index contributed by atoms with van der Waals surface area (Å²) in [5, 5.41) is 3.98. The Labute approximate surface area is 156 Å². The first-order valence-corrected chi connectivity index (χ1v) is 9.75. The highest BCUT2D eigenvalue weighted by Crippen LogP contribution is 2.39. The van der Waals surface area contributed by atoms with Gasteiger partial charge in [0.2, 0.25) is 5.88 Å². The minimum atomic E-state index is -0.173. The first-order valence-electron chi connectivity index (χ1n) is 8.93. The van der Waals surface area contributed by atoms with Crippen molar-refractivity contribution in [1.29, 1.82) is 0 Å². The van der Waals surface area contributed by atoms with E-state index in [9.17, 15) is 4.79 Å². The molecule has 1 aromatic carbocycles. The minimum Gasteiger partial charge on any atom is -0.467 e. The molecule has 6 heteroatoms. The molecule has 0 saturated heterocycles. The van der Waals surface area contributed by atoms with E-state index in [1.165, 1.54) is 23.2 Å². The van der Waals surface area contributed by atoms with Crippen LogP contribution in [0.3, 0.4) is 0 Å². The SMILES string of the molecule is CCc1cccc(C)c1NC(=O)COc1ncnc2sc3c(c12)CCC3. The third-order valence-electron chi connectivity index (χ3n) is 4.81. The molecule has 0 saturated carbocycles. The molecule has 3 aromatic rings. The Morgan fingerprint density at radius 1 is 1.31 bits per heavy atom. The van der Waals surface area contributed by atoms with Crippen molar-refractivity contribution in [2.45, 2.75) is 39.5 Å². The Morgan fingerprint density at radius 3 is 3.04 bits per heavy atom. The van der Waals surface area contributed by atoms with E-state index in [0.717, 1.165) is 46.3 Å². The van der Waals surface area contributed by atoms with Gasteiger partial charge in [-0.05, 0) is 49.3 Å². The number of carbonyl (C=O) groups excluding carboxylic acids is 1. The molecule has 5 nitrogen and oxygen atoms in total. The number of anilines is 1. The quantitative estimate of drug-likeness (QED) is 0.738. The molecule has 0 radical (unpaired) electrons. The summed E-state index contributed by atoms with van der Waals surface area (Å²) in [5.41, 5.74) is 4.36. The van der Waals surface area contributed by atoms with E-state index in [2.05, 4.69) is 22.2 Å². The summed E-state index contributed by atoms with van der Waals surface area (Å²) in [7, 11) is 0. The fraction of sp³-hybridized carbons (Fsp3) is 0.350. The van der Waals surface area contributed by atoms with Gasteiger partial charge in [-0.25, -0.2) is 9.97 Å². The van der Waals surface area contributed by atoms with Gasteiger partial charge in [-0.2, -0.15) is 0 Å². The molecule has 1 aliphatic carbocycles. The van der Waals surface area contributed by atoms with Crippen molar-refractivity contribution < 1.29 is 9.53 Å². The Balaban J connectivity index is 1.52. The molecule has 0 spiro atoms. The maximum absolute atomic E-state index is 12.4. The van der Waals surface area contributed by atoms with Crippen LogP contribution in [0.25, 0.3) is 10.2 Å². The summed E-state index contributed by atoms with van der Waals surface area (Å²) < 4.78 is 5.79. The number of carbonyl (C=O) groups is 1. The number of para-hydroxylation sites is 1. The number of thiophene rings is 1. The Bertz CT molecular complexity index is 981. The van der Waals surface area contributed by atoms with Gasteiger partial charge in [-0.1, -0.05) is 25.1 Å². The third-order valence-corrected chi connectivity index (χ3v) is 6.01. The molecule has 1 aliphatic rings. The highest BCUT2D eigenvalue weighted by Gasteiger charge is 2.22. The van der Waals surface area contributed by atoms with E-state index in [4.69, 9.17) is 4.74 Å². The lowest BCUT2D eigenvalue weighted by atomic mass is 10.1. The number of nitrogens with one attached hydrogen (secondary N) is 1. The third kappa shape index (κ3) is 3.05. The number of benzene rings is 1. The first kappa shape index (κ1) is 17.0. The number of hydrogen-bond acceptors (Lipinski definition) is 5. The predicted molar refractivity (Wildman–Crippen MR) is 104 cm³/mol. The highest BCUT2D eigenvalue weighted by molar-refractivity contribution is 7.18. The monoisotopic (exact) mass is 367 g/mol. The van der Waals surface area contributed by atoms with E-state index in [1.54, 1.807) is 11.3 Å². The van der Waals surface area contributed by atoms with E-state index in [0.29, 0.717) is 5.88 Å². The summed E-state index contributed by atoms with van der Waals surface area (Å²) in [5.74, 6) is 0.345. The molecule has 2 heterocycles. The van der Waals surface area contributed by atoms with Crippen LogP contribution in [0.1, 0.15) is 34.9 Å². The second-order valence-corrected chi connectivity index (χ2v) is 7.60. The van der Waals surface area contributed by atoms with Gasteiger partial charge in [0.05, 0.1) is 5.39 Å². The summed E-state index contributed by atoms with van der Waals surface area (Å²) in [6.07, 6.45) is 5.68. The number of hydrogen-bond donors (Lipinski definition) is 1. The van der Waals surface area contributed by atoms with E-state index < -0.39 is 0 Å². The zero-order valence-corrected chi connectivity index (χ0v) is 15.8. The Kier molecular flexibility index (Phi) is 4.59. The summed E-state index contributed by atoms with van der Waals surface area (Å²) in [4.78, 5) is 23.4. The Hall–Kier alpha value is -2.47. The number of fused-ring (bicyclic) bond motifs is 3. The normalized spacial score (nSPS) is 13.0. The number of rotatable bonds is 5. The van der Waals surface area contributed by atoms with Crippen molar-refractivity contribution in [3.8, 4) is 5.88 Å². The van der Waals surface area contributed by atoms with Crippen molar-refractivity contribution in [2.24, 2.45) is 0 Å². The van der Waals surface area contributed by atoms with Crippen molar-refractivity contribution in [1.82, 2.24) is 9.97 Å². The van der Waals surface area contributed by atoms with Gasteiger partial charge in [0.25, 0.3) is 5.91 Å². The van der Waals surface area contributed by atoms with Crippen LogP contribution in [0.15, 0.2) is 24.5 Å². The molecule has 0 bridgehead atoms. The van der Waals surface area contributed by atoms with E-state index >= 15 is 0 Å². The van der Waals surface area contributed by atoms with Gasteiger partial charge < -0.3 is 10.1 Å². The fourth-order valence-electron chi connectivity index (χ4n) is 3.52. The Morgan fingerprint density at radius 2 is 2.19 bits per heavy atom. The predicted octanol–water partition coefficient (Wildman–Crippen LogP) is 4.07. The number of ether oxygens (including phenoxy) is 1. The average molecular weight is 367 g/mol. The largest absolute Gasteiger partial charge is 0.467 e. The minimum absolute atomic E-state index is 0.0613. The van der Waals surface area contributed by atoms with Gasteiger partial charge in [0.1, 0.15) is 11.2 Å². The number of aryl methyl sites for hydroxylation is 4. The maximum Gasteiger partial charge on any atom is 0.262 e. The highest BCUT2D eigenvalue weighted by atomic mass is 32.1. The fourth-order valence-corrected chi connectivity index (χ4v) is 4.74. The van der Waals surface area contributed by atoms with Crippen LogP contribution in [0.2, 0.25) is 0 Å².